The Morgan fingerprint density at radius 2 is 2.17 bits per heavy atom. The standard InChI is InChI=1S/C11H9N3O3S/c1-6-9(18-14-13-6)10(15)12-8-4-2-3-7(5-8)11(16)17/h2-5H,1H3,(H,12,15)(H,16,17)/p-1. The van der Waals surface area contributed by atoms with Crippen molar-refractivity contribution >= 4 is 29.1 Å². The minimum absolute atomic E-state index is 0.00644. The molecular formula is C11H8N3O3S-. The van der Waals surface area contributed by atoms with Crippen molar-refractivity contribution < 1.29 is 14.7 Å². The fourth-order valence-corrected chi connectivity index (χ4v) is 1.90. The summed E-state index contributed by atoms with van der Waals surface area (Å²) in [5.41, 5.74) is 0.926. The average Bonchev–Trinajstić information content (AvgIpc) is 2.76. The maximum absolute atomic E-state index is 11.8. The Morgan fingerprint density at radius 3 is 2.78 bits per heavy atom. The number of benzene rings is 1. The van der Waals surface area contributed by atoms with Gasteiger partial charge >= 0.3 is 0 Å². The number of carbonyl (C=O) groups excluding carboxylic acids is 2. The second-order valence-electron chi connectivity index (χ2n) is 3.51. The predicted molar refractivity (Wildman–Crippen MR) is 63.4 cm³/mol. The third-order valence-electron chi connectivity index (χ3n) is 2.21. The summed E-state index contributed by atoms with van der Waals surface area (Å²) >= 11 is 0.986. The molecule has 6 nitrogen and oxygen atoms in total. The average molecular weight is 262 g/mol. The Hall–Kier alpha value is -2.28. The van der Waals surface area contributed by atoms with Crippen LogP contribution in [0.4, 0.5) is 5.69 Å². The first-order valence-corrected chi connectivity index (χ1v) is 5.77. The van der Waals surface area contributed by atoms with Gasteiger partial charge in [-0.25, -0.2) is 0 Å². The number of nitrogens with zero attached hydrogens (tertiary/aromatic N) is 2. The number of aromatic nitrogens is 2. The highest BCUT2D eigenvalue weighted by Crippen LogP contribution is 2.14. The fourth-order valence-electron chi connectivity index (χ4n) is 1.35. The molecule has 0 aliphatic carbocycles. The van der Waals surface area contributed by atoms with Gasteiger partial charge in [0.2, 0.25) is 0 Å². The lowest BCUT2D eigenvalue weighted by Crippen LogP contribution is -2.22. The number of carbonyl (C=O) groups is 2. The molecule has 18 heavy (non-hydrogen) atoms. The molecule has 0 spiro atoms. The van der Waals surface area contributed by atoms with Gasteiger partial charge in [-0.3, -0.25) is 4.79 Å². The number of amides is 1. The Labute approximate surface area is 106 Å². The highest BCUT2D eigenvalue weighted by molar-refractivity contribution is 7.08. The molecule has 2 rings (SSSR count). The number of carboxylic acids is 1. The molecule has 7 heteroatoms. The number of anilines is 1. The van der Waals surface area contributed by atoms with E-state index in [1.165, 1.54) is 18.2 Å². The molecule has 0 aliphatic heterocycles. The van der Waals surface area contributed by atoms with Gasteiger partial charge in [-0.2, -0.15) is 0 Å². The summed E-state index contributed by atoms with van der Waals surface area (Å²) in [4.78, 5) is 22.9. The zero-order valence-corrected chi connectivity index (χ0v) is 10.2. The molecule has 0 aliphatic rings. The molecular weight excluding hydrogens is 254 g/mol. The van der Waals surface area contributed by atoms with Gasteiger partial charge in [-0.1, -0.05) is 16.6 Å². The Morgan fingerprint density at radius 1 is 1.39 bits per heavy atom. The third kappa shape index (κ3) is 2.51. The van der Waals surface area contributed by atoms with E-state index in [9.17, 15) is 14.7 Å². The molecule has 0 fully saturated rings. The zero-order chi connectivity index (χ0) is 13.1. The van der Waals surface area contributed by atoms with Gasteiger partial charge in [0.1, 0.15) is 4.88 Å². The quantitative estimate of drug-likeness (QED) is 0.867. The van der Waals surface area contributed by atoms with Gasteiger partial charge in [0.25, 0.3) is 5.91 Å². The topological polar surface area (TPSA) is 95.0 Å². The van der Waals surface area contributed by atoms with Crippen LogP contribution in [-0.4, -0.2) is 21.5 Å². The molecule has 1 amide bonds. The maximum atomic E-state index is 11.8. The van der Waals surface area contributed by atoms with Crippen LogP contribution in [0.25, 0.3) is 0 Å². The lowest BCUT2D eigenvalue weighted by molar-refractivity contribution is -0.255. The van der Waals surface area contributed by atoms with Crippen LogP contribution in [0.5, 0.6) is 0 Å². The third-order valence-corrected chi connectivity index (χ3v) is 3.04. The summed E-state index contributed by atoms with van der Waals surface area (Å²) < 4.78 is 3.66. The molecule has 1 aromatic heterocycles. The fraction of sp³-hybridized carbons (Fsp3) is 0.0909. The molecule has 0 atom stereocenters. The largest absolute Gasteiger partial charge is 0.545 e. The lowest BCUT2D eigenvalue weighted by Gasteiger charge is -2.07. The molecule has 2 aromatic rings. The molecule has 0 saturated carbocycles. The normalized spacial score (nSPS) is 10.1. The van der Waals surface area contributed by atoms with E-state index in [-0.39, 0.29) is 11.5 Å². The molecule has 1 heterocycles. The number of carboxylic acid groups (broad SMARTS) is 1. The number of hydrogen-bond acceptors (Lipinski definition) is 6. The number of nitrogens with one attached hydrogen (secondary N) is 1. The number of rotatable bonds is 3. The maximum Gasteiger partial charge on any atom is 0.269 e. The van der Waals surface area contributed by atoms with Crippen molar-refractivity contribution in [2.75, 3.05) is 5.32 Å². The van der Waals surface area contributed by atoms with E-state index in [2.05, 4.69) is 14.9 Å². The van der Waals surface area contributed by atoms with E-state index in [1.54, 1.807) is 13.0 Å². The summed E-state index contributed by atoms with van der Waals surface area (Å²) in [6.45, 7) is 1.68. The van der Waals surface area contributed by atoms with Crippen molar-refractivity contribution in [3.05, 3.63) is 40.4 Å². The second kappa shape index (κ2) is 4.92. The van der Waals surface area contributed by atoms with E-state index < -0.39 is 5.97 Å². The van der Waals surface area contributed by atoms with Crippen LogP contribution in [0.2, 0.25) is 0 Å². The molecule has 92 valence electrons. The van der Waals surface area contributed by atoms with Crippen molar-refractivity contribution in [1.29, 1.82) is 0 Å². The van der Waals surface area contributed by atoms with Crippen LogP contribution in [0.3, 0.4) is 0 Å². The molecule has 0 unspecified atom stereocenters. The van der Waals surface area contributed by atoms with Crippen LogP contribution in [0.15, 0.2) is 24.3 Å². The Balaban J connectivity index is 2.20. The molecule has 0 radical (unpaired) electrons. The van der Waals surface area contributed by atoms with Gasteiger partial charge in [-0.05, 0) is 36.2 Å². The molecule has 1 N–H and O–H groups in total. The summed E-state index contributed by atoms with van der Waals surface area (Å²) in [5.74, 6) is -1.65. The van der Waals surface area contributed by atoms with Crippen molar-refractivity contribution in [2.45, 2.75) is 6.92 Å². The smallest absolute Gasteiger partial charge is 0.269 e. The lowest BCUT2D eigenvalue weighted by atomic mass is 10.2. The van der Waals surface area contributed by atoms with Gasteiger partial charge in [0.15, 0.2) is 0 Å². The monoisotopic (exact) mass is 262 g/mol. The zero-order valence-electron chi connectivity index (χ0n) is 9.34. The summed E-state index contributed by atoms with van der Waals surface area (Å²) in [7, 11) is 0. The van der Waals surface area contributed by atoms with Gasteiger partial charge in [0, 0.05) is 5.69 Å². The number of hydrogen-bond donors (Lipinski definition) is 1. The molecule has 0 bridgehead atoms. The first-order valence-electron chi connectivity index (χ1n) is 4.99. The minimum atomic E-state index is -1.29. The molecule has 1 aromatic carbocycles. The Kier molecular flexibility index (Phi) is 3.33. The summed E-state index contributed by atoms with van der Waals surface area (Å²) in [5, 5.41) is 17.0. The van der Waals surface area contributed by atoms with Crippen molar-refractivity contribution in [3.63, 3.8) is 0 Å². The van der Waals surface area contributed by atoms with E-state index >= 15 is 0 Å². The SMILES string of the molecule is Cc1nnsc1C(=O)Nc1cccc(C(=O)[O-])c1. The van der Waals surface area contributed by atoms with Crippen LogP contribution in [0.1, 0.15) is 25.7 Å². The minimum Gasteiger partial charge on any atom is -0.545 e. The Bertz CT molecular complexity index is 609. The van der Waals surface area contributed by atoms with Crippen molar-refractivity contribution in [2.24, 2.45) is 0 Å². The highest BCUT2D eigenvalue weighted by Gasteiger charge is 2.13. The van der Waals surface area contributed by atoms with Gasteiger partial charge in [-0.15, -0.1) is 5.10 Å². The highest BCUT2D eigenvalue weighted by atomic mass is 32.1. The van der Waals surface area contributed by atoms with Crippen LogP contribution >= 0.6 is 11.5 Å². The van der Waals surface area contributed by atoms with Crippen LogP contribution in [0, 0.1) is 6.92 Å². The van der Waals surface area contributed by atoms with E-state index in [1.807, 2.05) is 0 Å². The number of aryl methyl sites for hydroxylation is 1. The van der Waals surface area contributed by atoms with Gasteiger partial charge < -0.3 is 15.2 Å². The van der Waals surface area contributed by atoms with E-state index in [0.29, 0.717) is 16.3 Å². The number of aromatic carboxylic acids is 1. The first kappa shape index (κ1) is 12.2. The summed E-state index contributed by atoms with van der Waals surface area (Å²) in [6, 6.07) is 5.84. The first-order chi connectivity index (χ1) is 8.58. The van der Waals surface area contributed by atoms with Crippen molar-refractivity contribution in [3.8, 4) is 0 Å². The summed E-state index contributed by atoms with van der Waals surface area (Å²) in [6.07, 6.45) is 0. The molecule has 0 saturated heterocycles. The van der Waals surface area contributed by atoms with Gasteiger partial charge in [0.05, 0.1) is 11.7 Å². The van der Waals surface area contributed by atoms with Crippen molar-refractivity contribution in [1.82, 2.24) is 9.59 Å². The second-order valence-corrected chi connectivity index (χ2v) is 4.26. The van der Waals surface area contributed by atoms with E-state index in [4.69, 9.17) is 0 Å². The van der Waals surface area contributed by atoms with Crippen LogP contribution in [-0.2, 0) is 0 Å². The van der Waals surface area contributed by atoms with E-state index in [0.717, 1.165) is 11.5 Å². The predicted octanol–water partition coefficient (Wildman–Crippen LogP) is 0.462. The van der Waals surface area contributed by atoms with Crippen LogP contribution < -0.4 is 10.4 Å².